The van der Waals surface area contributed by atoms with Crippen molar-refractivity contribution >= 4 is 23.1 Å². The highest BCUT2D eigenvalue weighted by molar-refractivity contribution is 6.08. The van der Waals surface area contributed by atoms with Gasteiger partial charge in [0.2, 0.25) is 5.91 Å². The third-order valence-corrected chi connectivity index (χ3v) is 6.73. The van der Waals surface area contributed by atoms with E-state index in [1.165, 1.54) is 0 Å². The maximum Gasteiger partial charge on any atom is 0.261 e. The summed E-state index contributed by atoms with van der Waals surface area (Å²) in [6, 6.07) is 6.09. The van der Waals surface area contributed by atoms with E-state index in [2.05, 4.69) is 41.7 Å². The molecule has 2 fully saturated rings. The first-order valence-corrected chi connectivity index (χ1v) is 11.6. The van der Waals surface area contributed by atoms with Crippen LogP contribution in [0, 0.1) is 5.92 Å². The molecule has 3 aromatic rings. The molecule has 3 aliphatic rings. The van der Waals surface area contributed by atoms with Crippen molar-refractivity contribution in [1.82, 2.24) is 19.9 Å². The molecule has 1 aliphatic carbocycles. The lowest BCUT2D eigenvalue weighted by atomic mass is 9.98. The van der Waals surface area contributed by atoms with Gasteiger partial charge in [0.15, 0.2) is 5.65 Å². The zero-order valence-corrected chi connectivity index (χ0v) is 18.9. The molecule has 8 nitrogen and oxygen atoms in total. The fourth-order valence-corrected chi connectivity index (χ4v) is 4.98. The van der Waals surface area contributed by atoms with Gasteiger partial charge in [0.25, 0.3) is 5.91 Å². The molecule has 1 atom stereocenters. The van der Waals surface area contributed by atoms with Crippen LogP contribution in [0.2, 0.25) is 0 Å². The smallest absolute Gasteiger partial charge is 0.261 e. The molecule has 4 heterocycles. The quantitative estimate of drug-likeness (QED) is 0.628. The molecule has 0 spiro atoms. The number of ether oxygens (including phenoxy) is 1. The number of nitrogens with zero attached hydrogens (tertiary/aromatic N) is 3. The van der Waals surface area contributed by atoms with Crippen LogP contribution in [0.4, 0.5) is 5.69 Å². The van der Waals surface area contributed by atoms with E-state index in [4.69, 9.17) is 9.72 Å². The van der Waals surface area contributed by atoms with Gasteiger partial charge in [-0.15, -0.1) is 0 Å². The molecular formula is C25H27N5O3. The molecule has 1 aromatic carbocycles. The highest BCUT2D eigenvalue weighted by Crippen LogP contribution is 2.48. The Morgan fingerprint density at radius 3 is 2.94 bits per heavy atom. The number of fused-ring (bicyclic) bond motifs is 2. The first-order valence-electron chi connectivity index (χ1n) is 11.6. The van der Waals surface area contributed by atoms with E-state index in [1.807, 2.05) is 12.3 Å². The second-order valence-corrected chi connectivity index (χ2v) is 10.1. The average Bonchev–Trinajstić information content (AvgIpc) is 3.26. The Morgan fingerprint density at radius 2 is 2.18 bits per heavy atom. The molecule has 170 valence electrons. The van der Waals surface area contributed by atoms with Crippen LogP contribution in [0.5, 0.6) is 5.75 Å². The molecule has 0 radical (unpaired) electrons. The monoisotopic (exact) mass is 445 g/mol. The largest absolute Gasteiger partial charge is 0.487 e. The van der Waals surface area contributed by atoms with Gasteiger partial charge >= 0.3 is 0 Å². The number of hydrogen-bond donors (Lipinski definition) is 2. The van der Waals surface area contributed by atoms with E-state index >= 15 is 0 Å². The number of rotatable bonds is 5. The predicted octanol–water partition coefficient (Wildman–Crippen LogP) is 3.25. The van der Waals surface area contributed by atoms with Crippen molar-refractivity contribution < 1.29 is 14.3 Å². The van der Waals surface area contributed by atoms with Gasteiger partial charge in [-0.25, -0.2) is 9.50 Å². The lowest BCUT2D eigenvalue weighted by Crippen LogP contribution is -2.24. The topological polar surface area (TPSA) is 97.6 Å². The van der Waals surface area contributed by atoms with Crippen LogP contribution in [-0.2, 0) is 17.6 Å². The van der Waals surface area contributed by atoms with Crippen LogP contribution in [0.1, 0.15) is 66.2 Å². The van der Waals surface area contributed by atoms with E-state index in [0.29, 0.717) is 36.5 Å². The Bertz CT molecular complexity index is 1290. The van der Waals surface area contributed by atoms with Crippen LogP contribution in [-0.4, -0.2) is 38.6 Å². The predicted molar refractivity (Wildman–Crippen MR) is 123 cm³/mol. The maximum atomic E-state index is 13.3. The van der Waals surface area contributed by atoms with E-state index < -0.39 is 0 Å². The van der Waals surface area contributed by atoms with Gasteiger partial charge < -0.3 is 15.4 Å². The summed E-state index contributed by atoms with van der Waals surface area (Å²) in [7, 11) is 0. The minimum Gasteiger partial charge on any atom is -0.487 e. The van der Waals surface area contributed by atoms with Crippen LogP contribution in [0.25, 0.3) is 5.65 Å². The molecule has 2 amide bonds. The molecule has 2 aromatic heterocycles. The lowest BCUT2D eigenvalue weighted by Gasteiger charge is -2.17. The molecule has 8 heteroatoms. The van der Waals surface area contributed by atoms with Gasteiger partial charge in [-0.1, -0.05) is 0 Å². The molecular weight excluding hydrogens is 418 g/mol. The van der Waals surface area contributed by atoms with Crippen molar-refractivity contribution in [1.29, 1.82) is 0 Å². The van der Waals surface area contributed by atoms with Crippen LogP contribution in [0.15, 0.2) is 30.6 Å². The summed E-state index contributed by atoms with van der Waals surface area (Å²) in [5.41, 5.74) is 4.72. The Labute approximate surface area is 191 Å². The molecule has 6 rings (SSSR count). The maximum absolute atomic E-state index is 13.3. The van der Waals surface area contributed by atoms with E-state index in [-0.39, 0.29) is 23.3 Å². The second kappa shape index (κ2) is 7.30. The Balaban J connectivity index is 1.28. The minimum absolute atomic E-state index is 0.0834. The number of carbonyl (C=O) groups is 2. The summed E-state index contributed by atoms with van der Waals surface area (Å²) in [5, 5.41) is 10.3. The summed E-state index contributed by atoms with van der Waals surface area (Å²) in [6.45, 7) is 4.84. The third-order valence-electron chi connectivity index (χ3n) is 6.73. The van der Waals surface area contributed by atoms with Crippen molar-refractivity contribution in [3.8, 4) is 5.75 Å². The van der Waals surface area contributed by atoms with E-state index in [0.717, 1.165) is 47.5 Å². The standard InChI is InChI=1S/C25H27N5O3/c1-25(2)11-16-9-20(18(15-3-4-15)10-21(16)33-25)29-24(32)19-13-27-30-6-5-17(28-23(19)30)7-14-8-22(31)26-12-14/h5-6,9-10,13-15H,3-4,7-8,11-12H2,1-2H3,(H,26,31)(H,29,32)/t14-/m0/s1. The summed E-state index contributed by atoms with van der Waals surface area (Å²) in [6.07, 6.45) is 7.67. The van der Waals surface area contributed by atoms with Crippen LogP contribution >= 0.6 is 0 Å². The van der Waals surface area contributed by atoms with Gasteiger partial charge in [0, 0.05) is 42.5 Å². The Kier molecular flexibility index (Phi) is 4.47. The number of aromatic nitrogens is 3. The van der Waals surface area contributed by atoms with Crippen molar-refractivity contribution in [2.75, 3.05) is 11.9 Å². The van der Waals surface area contributed by atoms with Crippen LogP contribution < -0.4 is 15.4 Å². The number of anilines is 1. The summed E-state index contributed by atoms with van der Waals surface area (Å²) in [5.74, 6) is 1.50. The van der Waals surface area contributed by atoms with E-state index in [9.17, 15) is 9.59 Å². The Morgan fingerprint density at radius 1 is 1.33 bits per heavy atom. The molecule has 2 aliphatic heterocycles. The number of nitrogens with one attached hydrogen (secondary N) is 2. The zero-order valence-electron chi connectivity index (χ0n) is 18.9. The second-order valence-electron chi connectivity index (χ2n) is 10.1. The molecule has 1 saturated carbocycles. The fraction of sp³-hybridized carbons (Fsp3) is 0.440. The number of benzene rings is 1. The average molecular weight is 446 g/mol. The third kappa shape index (κ3) is 3.83. The van der Waals surface area contributed by atoms with Crippen molar-refractivity contribution in [2.45, 2.75) is 57.5 Å². The minimum atomic E-state index is -0.228. The molecule has 33 heavy (non-hydrogen) atoms. The van der Waals surface area contributed by atoms with Crippen molar-refractivity contribution in [3.63, 3.8) is 0 Å². The zero-order chi connectivity index (χ0) is 22.7. The van der Waals surface area contributed by atoms with Crippen molar-refractivity contribution in [2.24, 2.45) is 5.92 Å². The van der Waals surface area contributed by atoms with Gasteiger partial charge in [-0.05, 0) is 68.7 Å². The lowest BCUT2D eigenvalue weighted by molar-refractivity contribution is -0.119. The van der Waals surface area contributed by atoms with Gasteiger partial charge in [-0.2, -0.15) is 5.10 Å². The fourth-order valence-electron chi connectivity index (χ4n) is 4.98. The Hall–Kier alpha value is -3.42. The number of hydrogen-bond acceptors (Lipinski definition) is 5. The van der Waals surface area contributed by atoms with Gasteiger partial charge in [0.05, 0.1) is 6.20 Å². The first-order chi connectivity index (χ1) is 15.8. The number of carbonyl (C=O) groups excluding carboxylic acids is 2. The summed E-state index contributed by atoms with van der Waals surface area (Å²) >= 11 is 0. The highest BCUT2D eigenvalue weighted by Gasteiger charge is 2.34. The highest BCUT2D eigenvalue weighted by atomic mass is 16.5. The summed E-state index contributed by atoms with van der Waals surface area (Å²) < 4.78 is 7.74. The first kappa shape index (κ1) is 20.2. The van der Waals surface area contributed by atoms with E-state index in [1.54, 1.807) is 10.7 Å². The van der Waals surface area contributed by atoms with Gasteiger partial charge in [-0.3, -0.25) is 9.59 Å². The van der Waals surface area contributed by atoms with Gasteiger partial charge in [0.1, 0.15) is 16.9 Å². The van der Waals surface area contributed by atoms with Crippen LogP contribution in [0.3, 0.4) is 0 Å². The van der Waals surface area contributed by atoms with Crippen molar-refractivity contribution in [3.05, 3.63) is 53.0 Å². The summed E-state index contributed by atoms with van der Waals surface area (Å²) in [4.78, 5) is 29.5. The molecule has 0 unspecified atom stereocenters. The molecule has 2 N–H and O–H groups in total. The normalized spacial score (nSPS) is 21.0. The number of amides is 2. The molecule has 0 bridgehead atoms. The molecule has 1 saturated heterocycles. The SMILES string of the molecule is CC1(C)Cc2cc(NC(=O)c3cnn4ccc(C[C@@H]5CNC(=O)C5)nc34)c(C3CC3)cc2O1.